The van der Waals surface area contributed by atoms with Gasteiger partial charge in [0.15, 0.2) is 9.84 Å². The van der Waals surface area contributed by atoms with E-state index < -0.39 is 9.84 Å². The van der Waals surface area contributed by atoms with E-state index in [1.165, 1.54) is 12.8 Å². The molecule has 2 N–H and O–H groups in total. The minimum absolute atomic E-state index is 0.122. The molecule has 0 heterocycles. The Bertz CT molecular complexity index is 595. The highest BCUT2D eigenvalue weighted by molar-refractivity contribution is 7.91. The zero-order valence-electron chi connectivity index (χ0n) is 11.6. The molecule has 2 rings (SSSR count). The van der Waals surface area contributed by atoms with E-state index in [1.54, 1.807) is 24.3 Å². The van der Waals surface area contributed by atoms with Crippen molar-refractivity contribution in [1.29, 1.82) is 0 Å². The van der Waals surface area contributed by atoms with E-state index in [2.05, 4.69) is 4.90 Å². The standard InChI is InChI=1S/C14H20N2O2S2/c1-16(10-11-5-6-11)7-8-20(17,18)13-4-2-3-12(9-13)14(15)19/h2-4,9,11H,5-8,10H2,1H3,(H2,15,19). The number of nitrogens with zero attached hydrogens (tertiary/aromatic N) is 1. The summed E-state index contributed by atoms with van der Waals surface area (Å²) in [4.78, 5) is 2.60. The van der Waals surface area contributed by atoms with Crippen molar-refractivity contribution in [2.75, 3.05) is 25.9 Å². The molecule has 20 heavy (non-hydrogen) atoms. The molecule has 0 bridgehead atoms. The van der Waals surface area contributed by atoms with Crippen molar-refractivity contribution in [2.45, 2.75) is 17.7 Å². The Morgan fingerprint density at radius 3 is 2.75 bits per heavy atom. The van der Waals surface area contributed by atoms with Crippen LogP contribution in [0.15, 0.2) is 29.2 Å². The molecule has 0 aromatic heterocycles. The Balaban J connectivity index is 2.01. The minimum Gasteiger partial charge on any atom is -0.389 e. The van der Waals surface area contributed by atoms with Crippen molar-refractivity contribution in [3.63, 3.8) is 0 Å². The highest BCUT2D eigenvalue weighted by Crippen LogP contribution is 2.29. The summed E-state index contributed by atoms with van der Waals surface area (Å²) in [5.74, 6) is 0.887. The van der Waals surface area contributed by atoms with Crippen molar-refractivity contribution in [3.8, 4) is 0 Å². The van der Waals surface area contributed by atoms with E-state index in [0.29, 0.717) is 17.0 Å². The molecule has 4 nitrogen and oxygen atoms in total. The average Bonchev–Trinajstić information content (AvgIpc) is 3.20. The monoisotopic (exact) mass is 312 g/mol. The van der Waals surface area contributed by atoms with Crippen LogP contribution >= 0.6 is 12.2 Å². The maximum atomic E-state index is 12.3. The lowest BCUT2D eigenvalue weighted by molar-refractivity contribution is 0.338. The van der Waals surface area contributed by atoms with Gasteiger partial charge in [-0.15, -0.1) is 0 Å². The van der Waals surface area contributed by atoms with Gasteiger partial charge >= 0.3 is 0 Å². The van der Waals surface area contributed by atoms with Crippen LogP contribution in [0.5, 0.6) is 0 Å². The summed E-state index contributed by atoms with van der Waals surface area (Å²) in [6.45, 7) is 1.54. The highest BCUT2D eigenvalue weighted by Gasteiger charge is 2.23. The predicted molar refractivity (Wildman–Crippen MR) is 84.6 cm³/mol. The van der Waals surface area contributed by atoms with E-state index >= 15 is 0 Å². The maximum absolute atomic E-state index is 12.3. The zero-order valence-corrected chi connectivity index (χ0v) is 13.2. The van der Waals surface area contributed by atoms with Gasteiger partial charge in [0, 0.05) is 18.7 Å². The van der Waals surface area contributed by atoms with Crippen molar-refractivity contribution < 1.29 is 8.42 Å². The lowest BCUT2D eigenvalue weighted by Gasteiger charge is -2.16. The molecule has 0 saturated heterocycles. The molecule has 1 aromatic rings. The second kappa shape index (κ2) is 6.20. The number of hydrogen-bond acceptors (Lipinski definition) is 4. The fourth-order valence-corrected chi connectivity index (χ4v) is 3.58. The van der Waals surface area contributed by atoms with Crippen LogP contribution < -0.4 is 5.73 Å². The van der Waals surface area contributed by atoms with E-state index in [0.717, 1.165) is 12.5 Å². The van der Waals surface area contributed by atoms with Gasteiger partial charge in [0.05, 0.1) is 10.6 Å². The quantitative estimate of drug-likeness (QED) is 0.772. The van der Waals surface area contributed by atoms with Gasteiger partial charge in [-0.1, -0.05) is 24.4 Å². The van der Waals surface area contributed by atoms with Gasteiger partial charge in [0.25, 0.3) is 0 Å². The molecule has 1 aromatic carbocycles. The number of sulfone groups is 1. The van der Waals surface area contributed by atoms with E-state index in [-0.39, 0.29) is 10.7 Å². The van der Waals surface area contributed by atoms with Gasteiger partial charge in [-0.3, -0.25) is 0 Å². The van der Waals surface area contributed by atoms with Crippen molar-refractivity contribution >= 4 is 27.0 Å². The normalized spacial score (nSPS) is 15.5. The van der Waals surface area contributed by atoms with Crippen LogP contribution in [0, 0.1) is 5.92 Å². The Morgan fingerprint density at radius 2 is 2.15 bits per heavy atom. The molecule has 1 aliphatic carbocycles. The molecular weight excluding hydrogens is 292 g/mol. The number of rotatable bonds is 7. The van der Waals surface area contributed by atoms with Gasteiger partial charge in [0.1, 0.15) is 4.99 Å². The average molecular weight is 312 g/mol. The topological polar surface area (TPSA) is 63.4 Å². The first-order valence-electron chi connectivity index (χ1n) is 6.69. The summed E-state index contributed by atoms with van der Waals surface area (Å²) in [5, 5.41) is 0. The van der Waals surface area contributed by atoms with Crippen LogP contribution in [-0.4, -0.2) is 44.2 Å². The molecule has 0 amide bonds. The molecule has 0 aliphatic heterocycles. The van der Waals surface area contributed by atoms with Gasteiger partial charge in [-0.25, -0.2) is 8.42 Å². The third-order valence-corrected chi connectivity index (χ3v) is 5.41. The molecule has 6 heteroatoms. The largest absolute Gasteiger partial charge is 0.389 e. The first-order valence-corrected chi connectivity index (χ1v) is 8.76. The Morgan fingerprint density at radius 1 is 1.45 bits per heavy atom. The summed E-state index contributed by atoms with van der Waals surface area (Å²) in [7, 11) is -1.31. The van der Waals surface area contributed by atoms with Crippen LogP contribution in [0.1, 0.15) is 18.4 Å². The first-order chi connectivity index (χ1) is 9.38. The van der Waals surface area contributed by atoms with Crippen LogP contribution in [0.2, 0.25) is 0 Å². The van der Waals surface area contributed by atoms with E-state index in [1.807, 2.05) is 7.05 Å². The van der Waals surface area contributed by atoms with Gasteiger partial charge < -0.3 is 10.6 Å². The van der Waals surface area contributed by atoms with Gasteiger partial charge in [-0.05, 0) is 37.9 Å². The molecule has 0 atom stereocenters. The first kappa shape index (κ1) is 15.4. The fourth-order valence-electron chi connectivity index (χ4n) is 2.07. The fraction of sp³-hybridized carbons (Fsp3) is 0.500. The van der Waals surface area contributed by atoms with Crippen LogP contribution in [0.4, 0.5) is 0 Å². The number of hydrogen-bond donors (Lipinski definition) is 1. The van der Waals surface area contributed by atoms with Crippen molar-refractivity contribution in [1.82, 2.24) is 4.90 Å². The smallest absolute Gasteiger partial charge is 0.179 e. The number of thiocarbonyl (C=S) groups is 1. The van der Waals surface area contributed by atoms with Gasteiger partial charge in [-0.2, -0.15) is 0 Å². The summed E-state index contributed by atoms with van der Waals surface area (Å²) >= 11 is 4.88. The van der Waals surface area contributed by atoms with Crippen LogP contribution in [-0.2, 0) is 9.84 Å². The molecular formula is C14H20N2O2S2. The molecule has 0 radical (unpaired) electrons. The van der Waals surface area contributed by atoms with E-state index in [9.17, 15) is 8.42 Å². The zero-order chi connectivity index (χ0) is 14.8. The lowest BCUT2D eigenvalue weighted by Crippen LogP contribution is -2.27. The van der Waals surface area contributed by atoms with Crippen molar-refractivity contribution in [2.24, 2.45) is 11.7 Å². The molecule has 1 saturated carbocycles. The van der Waals surface area contributed by atoms with E-state index in [4.69, 9.17) is 18.0 Å². The summed E-state index contributed by atoms with van der Waals surface area (Å²) in [6.07, 6.45) is 2.54. The molecule has 110 valence electrons. The molecule has 0 spiro atoms. The van der Waals surface area contributed by atoms with Gasteiger partial charge in [0.2, 0.25) is 0 Å². The third-order valence-electron chi connectivity index (χ3n) is 3.49. The maximum Gasteiger partial charge on any atom is 0.179 e. The number of benzene rings is 1. The third kappa shape index (κ3) is 4.26. The number of nitrogens with two attached hydrogens (primary N) is 1. The second-order valence-electron chi connectivity index (χ2n) is 5.42. The SMILES string of the molecule is CN(CCS(=O)(=O)c1cccc(C(N)=S)c1)CC1CC1. The van der Waals surface area contributed by atoms with Crippen molar-refractivity contribution in [3.05, 3.63) is 29.8 Å². The van der Waals surface area contributed by atoms with Crippen LogP contribution in [0.3, 0.4) is 0 Å². The highest BCUT2D eigenvalue weighted by atomic mass is 32.2. The van der Waals surface area contributed by atoms with Crippen LogP contribution in [0.25, 0.3) is 0 Å². The summed E-state index contributed by atoms with van der Waals surface area (Å²) in [6, 6.07) is 6.55. The molecule has 1 aliphatic rings. The molecule has 0 unspecified atom stereocenters. The Hall–Kier alpha value is -0.980. The summed E-state index contributed by atoms with van der Waals surface area (Å²) < 4.78 is 24.6. The lowest BCUT2D eigenvalue weighted by atomic mass is 10.2. The predicted octanol–water partition coefficient (Wildman–Crippen LogP) is 1.44. The Labute approximate surface area is 125 Å². The minimum atomic E-state index is -3.28. The molecule has 1 fully saturated rings. The summed E-state index contributed by atoms with van der Waals surface area (Å²) in [5.41, 5.74) is 6.13. The Kier molecular flexibility index (Phi) is 4.78. The second-order valence-corrected chi connectivity index (χ2v) is 7.97.